The zero-order chi connectivity index (χ0) is 15.4. The van der Waals surface area contributed by atoms with Crippen LogP contribution >= 0.6 is 11.8 Å². The van der Waals surface area contributed by atoms with Crippen LogP contribution in [0.25, 0.3) is 11.0 Å². The summed E-state index contributed by atoms with van der Waals surface area (Å²) in [5, 5.41) is 19.6. The van der Waals surface area contributed by atoms with E-state index in [1.165, 1.54) is 6.33 Å². The number of nitrogens with two attached hydrogens (primary N) is 1. The van der Waals surface area contributed by atoms with E-state index < -0.39 is 6.10 Å². The predicted octanol–water partition coefficient (Wildman–Crippen LogP) is 0.0567. The highest BCUT2D eigenvalue weighted by Crippen LogP contribution is 2.21. The predicted molar refractivity (Wildman–Crippen MR) is 85.0 cm³/mol. The molecule has 0 aromatic carbocycles. The number of aliphatic hydroxyl groups is 2. The molecule has 0 radical (unpaired) electrons. The number of nitrogens with zero attached hydrogens (tertiary/aromatic N) is 3. The molecule has 7 nitrogen and oxygen atoms in total. The van der Waals surface area contributed by atoms with E-state index in [1.54, 1.807) is 11.8 Å². The molecule has 5 N–H and O–H groups in total. The largest absolute Gasteiger partial charge is 0.395 e. The van der Waals surface area contributed by atoms with Crippen LogP contribution < -0.4 is 5.73 Å². The van der Waals surface area contributed by atoms with E-state index in [1.807, 2.05) is 24.4 Å². The molecule has 0 bridgehead atoms. The van der Waals surface area contributed by atoms with Gasteiger partial charge in [-0.2, -0.15) is 11.8 Å². The first kappa shape index (κ1) is 16.0. The highest BCUT2D eigenvalue weighted by Gasteiger charge is 2.23. The molecule has 0 amide bonds. The van der Waals surface area contributed by atoms with Gasteiger partial charge in [0.25, 0.3) is 0 Å². The summed E-state index contributed by atoms with van der Waals surface area (Å²) in [5.41, 5.74) is 8.23. The van der Waals surface area contributed by atoms with Crippen LogP contribution in [0.15, 0.2) is 12.5 Å². The van der Waals surface area contributed by atoms with Gasteiger partial charge in [-0.05, 0) is 13.3 Å². The van der Waals surface area contributed by atoms with Gasteiger partial charge in [0.05, 0.1) is 24.3 Å². The van der Waals surface area contributed by atoms with Gasteiger partial charge in [0.2, 0.25) is 0 Å². The van der Waals surface area contributed by atoms with Crippen molar-refractivity contribution < 1.29 is 10.2 Å². The normalized spacial score (nSPS) is 14.7. The minimum Gasteiger partial charge on any atom is -0.395 e. The minimum atomic E-state index is -0.583. The molecule has 2 atom stereocenters. The highest BCUT2D eigenvalue weighted by atomic mass is 32.2. The van der Waals surface area contributed by atoms with E-state index in [2.05, 4.69) is 15.0 Å². The van der Waals surface area contributed by atoms with Crippen molar-refractivity contribution in [1.82, 2.24) is 19.9 Å². The van der Waals surface area contributed by atoms with Crippen LogP contribution in [0.3, 0.4) is 0 Å². The lowest BCUT2D eigenvalue weighted by Gasteiger charge is -2.30. The topological polar surface area (TPSA) is 111 Å². The van der Waals surface area contributed by atoms with Crippen molar-refractivity contribution in [3.05, 3.63) is 18.1 Å². The van der Waals surface area contributed by atoms with Gasteiger partial charge in [0.15, 0.2) is 5.82 Å². The lowest BCUT2D eigenvalue weighted by molar-refractivity contribution is 0.0379. The van der Waals surface area contributed by atoms with Crippen molar-refractivity contribution in [2.45, 2.75) is 18.7 Å². The molecular formula is C13H21N5O2S. The number of aliphatic hydroxyl groups excluding tert-OH is 2. The van der Waals surface area contributed by atoms with Crippen LogP contribution in [-0.2, 0) is 6.54 Å². The summed E-state index contributed by atoms with van der Waals surface area (Å²) in [6.45, 7) is 0.449. The van der Waals surface area contributed by atoms with Gasteiger partial charge >= 0.3 is 0 Å². The summed E-state index contributed by atoms with van der Waals surface area (Å²) in [4.78, 5) is 13.2. The average Bonchev–Trinajstić information content (AvgIpc) is 2.84. The van der Waals surface area contributed by atoms with Crippen molar-refractivity contribution in [3.8, 4) is 0 Å². The van der Waals surface area contributed by atoms with Gasteiger partial charge in [-0.15, -0.1) is 0 Å². The highest BCUT2D eigenvalue weighted by molar-refractivity contribution is 7.98. The van der Waals surface area contributed by atoms with Crippen LogP contribution in [0.5, 0.6) is 0 Å². The molecule has 0 aliphatic rings. The van der Waals surface area contributed by atoms with Gasteiger partial charge in [-0.3, -0.25) is 4.90 Å². The van der Waals surface area contributed by atoms with E-state index in [0.29, 0.717) is 23.6 Å². The molecule has 0 unspecified atom stereocenters. The molecule has 2 heterocycles. The fourth-order valence-electron chi connectivity index (χ4n) is 2.36. The van der Waals surface area contributed by atoms with Crippen molar-refractivity contribution in [2.24, 2.45) is 0 Å². The van der Waals surface area contributed by atoms with E-state index in [9.17, 15) is 10.2 Å². The summed E-state index contributed by atoms with van der Waals surface area (Å²) in [6, 6.07) is -0.318. The molecule has 21 heavy (non-hydrogen) atoms. The number of rotatable bonds is 7. The Morgan fingerprint density at radius 3 is 2.90 bits per heavy atom. The zero-order valence-electron chi connectivity index (χ0n) is 12.2. The molecule has 0 fully saturated rings. The Morgan fingerprint density at radius 2 is 2.24 bits per heavy atom. The third-order valence-electron chi connectivity index (χ3n) is 3.53. The molecule has 0 saturated carbocycles. The Labute approximate surface area is 127 Å². The standard InChI is InChI=1S/C13H21N5O2S/c1-18(9(5-19)10(20)6-21-2)4-8-3-15-12-11(8)16-7-17-13(12)14/h3,7,9-10,15,19-20H,4-6H2,1-2H3,(H2,14,16,17)/t9-,10-/m0/s1. The molecule has 0 aliphatic carbocycles. The summed E-state index contributed by atoms with van der Waals surface area (Å²) in [6.07, 6.45) is 4.61. The van der Waals surface area contributed by atoms with E-state index in [-0.39, 0.29) is 12.6 Å². The number of aromatic nitrogens is 3. The average molecular weight is 311 g/mol. The Hall–Kier alpha value is -1.35. The molecule has 0 saturated heterocycles. The second-order valence-electron chi connectivity index (χ2n) is 4.98. The maximum Gasteiger partial charge on any atom is 0.151 e. The number of nitrogens with one attached hydrogen (secondary N) is 1. The Kier molecular flexibility index (Phi) is 5.40. The monoisotopic (exact) mass is 311 g/mol. The van der Waals surface area contributed by atoms with Crippen molar-refractivity contribution >= 4 is 28.6 Å². The summed E-state index contributed by atoms with van der Waals surface area (Å²) in [7, 11) is 1.87. The quantitative estimate of drug-likeness (QED) is 0.572. The summed E-state index contributed by atoms with van der Waals surface area (Å²) < 4.78 is 0. The molecule has 8 heteroatoms. The van der Waals surface area contributed by atoms with E-state index >= 15 is 0 Å². The first-order valence-electron chi connectivity index (χ1n) is 6.63. The number of hydrogen-bond donors (Lipinski definition) is 4. The van der Waals surface area contributed by atoms with Gasteiger partial charge in [0.1, 0.15) is 11.8 Å². The van der Waals surface area contributed by atoms with Crippen molar-refractivity contribution in [2.75, 3.05) is 31.4 Å². The molecule has 2 rings (SSSR count). The Morgan fingerprint density at radius 1 is 1.48 bits per heavy atom. The Bertz CT molecular complexity index is 591. The van der Waals surface area contributed by atoms with Crippen LogP contribution in [0.4, 0.5) is 5.82 Å². The lowest BCUT2D eigenvalue weighted by atomic mass is 10.1. The maximum absolute atomic E-state index is 10.1. The maximum atomic E-state index is 10.1. The first-order chi connectivity index (χ1) is 10.1. The summed E-state index contributed by atoms with van der Waals surface area (Å²) in [5.74, 6) is 0.994. The fourth-order valence-corrected chi connectivity index (χ4v) is 2.92. The smallest absolute Gasteiger partial charge is 0.151 e. The number of H-pyrrole nitrogens is 1. The fraction of sp³-hybridized carbons (Fsp3) is 0.538. The summed E-state index contributed by atoms with van der Waals surface area (Å²) >= 11 is 1.55. The van der Waals surface area contributed by atoms with Gasteiger partial charge in [-0.25, -0.2) is 9.97 Å². The van der Waals surface area contributed by atoms with Crippen LogP contribution in [0.1, 0.15) is 5.56 Å². The number of fused-ring (bicyclic) bond motifs is 1. The number of nitrogen functional groups attached to an aromatic ring is 1. The molecular weight excluding hydrogens is 290 g/mol. The molecule has 0 spiro atoms. The van der Waals surface area contributed by atoms with E-state index in [4.69, 9.17) is 5.73 Å². The molecule has 116 valence electrons. The van der Waals surface area contributed by atoms with Crippen LogP contribution in [0, 0.1) is 0 Å². The third kappa shape index (κ3) is 3.46. The van der Waals surface area contributed by atoms with Crippen LogP contribution in [-0.4, -0.2) is 67.9 Å². The van der Waals surface area contributed by atoms with Gasteiger partial charge in [0, 0.05) is 24.1 Å². The van der Waals surface area contributed by atoms with Gasteiger partial charge < -0.3 is 20.9 Å². The SMILES string of the molecule is CSC[C@H](O)[C@H](CO)N(C)Cc1c[nH]c2c(N)ncnc12. The number of hydrogen-bond acceptors (Lipinski definition) is 7. The third-order valence-corrected chi connectivity index (χ3v) is 4.20. The number of aromatic amines is 1. The first-order valence-corrected chi connectivity index (χ1v) is 8.02. The zero-order valence-corrected chi connectivity index (χ0v) is 13.0. The molecule has 2 aromatic heterocycles. The molecule has 2 aromatic rings. The van der Waals surface area contributed by atoms with Gasteiger partial charge in [-0.1, -0.05) is 0 Å². The van der Waals surface area contributed by atoms with Crippen molar-refractivity contribution in [1.29, 1.82) is 0 Å². The number of likely N-dealkylation sites (N-methyl/N-ethyl adjacent to an activating group) is 1. The second-order valence-corrected chi connectivity index (χ2v) is 5.89. The van der Waals surface area contributed by atoms with Crippen molar-refractivity contribution in [3.63, 3.8) is 0 Å². The Balaban J connectivity index is 2.17. The van der Waals surface area contributed by atoms with E-state index in [0.717, 1.165) is 11.1 Å². The number of thioether (sulfide) groups is 1. The second kappa shape index (κ2) is 7.08. The lowest BCUT2D eigenvalue weighted by Crippen LogP contribution is -2.44. The molecule has 0 aliphatic heterocycles. The van der Waals surface area contributed by atoms with Crippen LogP contribution in [0.2, 0.25) is 0 Å². The minimum absolute atomic E-state index is 0.0995. The number of anilines is 1.